The standard InChI is InChI=1S/C19H21N5O3/c1-13(2)27-15-5-3-4-14(8-15)16-9-18(22-12-21-16)23-19(25)17-10-24(11-20)6-7-26-17/h3-5,8-9,12-13,17H,6-7,10H2,1-2H3,(H,21,22,23,25)/t17-/m1/s1. The third kappa shape index (κ3) is 4.92. The van der Waals surface area contributed by atoms with Crippen LogP contribution in [0, 0.1) is 11.5 Å². The van der Waals surface area contributed by atoms with Crippen LogP contribution in [0.3, 0.4) is 0 Å². The zero-order valence-electron chi connectivity index (χ0n) is 15.3. The molecule has 2 heterocycles. The summed E-state index contributed by atoms with van der Waals surface area (Å²) in [6, 6.07) is 9.27. The fourth-order valence-electron chi connectivity index (χ4n) is 2.69. The molecule has 8 nitrogen and oxygen atoms in total. The van der Waals surface area contributed by atoms with Crippen molar-refractivity contribution in [2.45, 2.75) is 26.1 Å². The number of ether oxygens (including phenoxy) is 2. The molecule has 1 fully saturated rings. The van der Waals surface area contributed by atoms with E-state index in [9.17, 15) is 4.79 Å². The lowest BCUT2D eigenvalue weighted by molar-refractivity contribution is -0.131. The van der Waals surface area contributed by atoms with Crippen molar-refractivity contribution in [1.29, 1.82) is 5.26 Å². The van der Waals surface area contributed by atoms with Gasteiger partial charge < -0.3 is 19.7 Å². The van der Waals surface area contributed by atoms with Gasteiger partial charge in [0, 0.05) is 11.6 Å². The maximum atomic E-state index is 12.4. The largest absolute Gasteiger partial charge is 0.491 e. The van der Waals surface area contributed by atoms with E-state index in [0.717, 1.165) is 11.3 Å². The molecular formula is C19H21N5O3. The number of anilines is 1. The molecule has 27 heavy (non-hydrogen) atoms. The normalized spacial score (nSPS) is 16.7. The Hall–Kier alpha value is -3.18. The van der Waals surface area contributed by atoms with Crippen LogP contribution in [0.5, 0.6) is 5.75 Å². The van der Waals surface area contributed by atoms with Gasteiger partial charge in [0.25, 0.3) is 5.91 Å². The Kier molecular flexibility index (Phi) is 5.84. The second kappa shape index (κ2) is 8.47. The minimum absolute atomic E-state index is 0.0731. The number of nitriles is 1. The Labute approximate surface area is 157 Å². The van der Waals surface area contributed by atoms with Gasteiger partial charge in [-0.25, -0.2) is 9.97 Å². The quantitative estimate of drug-likeness (QED) is 0.807. The van der Waals surface area contributed by atoms with Gasteiger partial charge >= 0.3 is 0 Å². The fourth-order valence-corrected chi connectivity index (χ4v) is 2.69. The van der Waals surface area contributed by atoms with E-state index in [0.29, 0.717) is 24.7 Å². The van der Waals surface area contributed by atoms with Gasteiger partial charge in [0.15, 0.2) is 12.3 Å². The summed E-state index contributed by atoms with van der Waals surface area (Å²) >= 11 is 0. The topological polar surface area (TPSA) is 100 Å². The molecule has 0 spiro atoms. The highest BCUT2D eigenvalue weighted by Crippen LogP contribution is 2.24. The second-order valence-electron chi connectivity index (χ2n) is 6.38. The average molecular weight is 367 g/mol. The van der Waals surface area contributed by atoms with Crippen LogP contribution in [-0.4, -0.2) is 52.7 Å². The number of benzene rings is 1. The highest BCUT2D eigenvalue weighted by molar-refractivity contribution is 5.94. The molecular weight excluding hydrogens is 346 g/mol. The van der Waals surface area contributed by atoms with E-state index in [-0.39, 0.29) is 18.6 Å². The van der Waals surface area contributed by atoms with Crippen molar-refractivity contribution in [3.63, 3.8) is 0 Å². The Balaban J connectivity index is 1.72. The van der Waals surface area contributed by atoms with Crippen LogP contribution >= 0.6 is 0 Å². The predicted molar refractivity (Wildman–Crippen MR) is 98.8 cm³/mol. The summed E-state index contributed by atoms with van der Waals surface area (Å²) in [5.74, 6) is 0.785. The van der Waals surface area contributed by atoms with Crippen molar-refractivity contribution in [2.24, 2.45) is 0 Å². The van der Waals surface area contributed by atoms with E-state index in [1.807, 2.05) is 44.3 Å². The minimum atomic E-state index is -0.709. The first kappa shape index (κ1) is 18.6. The monoisotopic (exact) mass is 367 g/mol. The second-order valence-corrected chi connectivity index (χ2v) is 6.38. The lowest BCUT2D eigenvalue weighted by atomic mass is 10.1. The molecule has 2 aromatic rings. The van der Waals surface area contributed by atoms with Crippen molar-refractivity contribution in [3.05, 3.63) is 36.7 Å². The molecule has 0 bridgehead atoms. The molecule has 1 aliphatic rings. The van der Waals surface area contributed by atoms with Gasteiger partial charge in [-0.2, -0.15) is 5.26 Å². The third-order valence-electron chi connectivity index (χ3n) is 3.92. The lowest BCUT2D eigenvalue weighted by Gasteiger charge is -2.28. The van der Waals surface area contributed by atoms with Gasteiger partial charge in [-0.3, -0.25) is 4.79 Å². The van der Waals surface area contributed by atoms with Crippen LogP contribution in [0.1, 0.15) is 13.8 Å². The zero-order valence-corrected chi connectivity index (χ0v) is 15.3. The first-order valence-corrected chi connectivity index (χ1v) is 8.71. The van der Waals surface area contributed by atoms with Gasteiger partial charge in [0.2, 0.25) is 0 Å². The van der Waals surface area contributed by atoms with Gasteiger partial charge in [0.1, 0.15) is 17.9 Å². The molecule has 0 unspecified atom stereocenters. The van der Waals surface area contributed by atoms with Crippen LogP contribution in [-0.2, 0) is 9.53 Å². The van der Waals surface area contributed by atoms with E-state index in [1.54, 1.807) is 6.07 Å². The van der Waals surface area contributed by atoms with Crippen LogP contribution in [0.15, 0.2) is 36.7 Å². The van der Waals surface area contributed by atoms with Gasteiger partial charge in [-0.1, -0.05) is 12.1 Å². The van der Waals surface area contributed by atoms with E-state index in [4.69, 9.17) is 14.7 Å². The minimum Gasteiger partial charge on any atom is -0.491 e. The summed E-state index contributed by atoms with van der Waals surface area (Å²) in [7, 11) is 0. The molecule has 0 aliphatic carbocycles. The van der Waals surface area contributed by atoms with E-state index >= 15 is 0 Å². The Morgan fingerprint density at radius 3 is 3.04 bits per heavy atom. The van der Waals surface area contributed by atoms with Crippen molar-refractivity contribution in [1.82, 2.24) is 14.9 Å². The summed E-state index contributed by atoms with van der Waals surface area (Å²) < 4.78 is 11.2. The van der Waals surface area contributed by atoms with Crippen molar-refractivity contribution < 1.29 is 14.3 Å². The van der Waals surface area contributed by atoms with E-state index in [1.165, 1.54) is 11.2 Å². The van der Waals surface area contributed by atoms with Gasteiger partial charge in [0.05, 0.1) is 31.5 Å². The number of carbonyl (C=O) groups excluding carboxylic acids is 1. The summed E-state index contributed by atoms with van der Waals surface area (Å²) in [5, 5.41) is 11.7. The molecule has 1 N–H and O–H groups in total. The molecule has 1 amide bonds. The van der Waals surface area contributed by atoms with Crippen LogP contribution in [0.4, 0.5) is 5.82 Å². The Bertz CT molecular complexity index is 849. The van der Waals surface area contributed by atoms with Gasteiger partial charge in [-0.05, 0) is 26.0 Å². The number of nitrogens with one attached hydrogen (secondary N) is 1. The van der Waals surface area contributed by atoms with Crippen molar-refractivity contribution in [2.75, 3.05) is 25.0 Å². The number of aromatic nitrogens is 2. The van der Waals surface area contributed by atoms with Gasteiger partial charge in [-0.15, -0.1) is 0 Å². The summed E-state index contributed by atoms with van der Waals surface area (Å²) in [5.41, 5.74) is 1.52. The number of hydrogen-bond donors (Lipinski definition) is 1. The first-order chi connectivity index (χ1) is 13.0. The summed E-state index contributed by atoms with van der Waals surface area (Å²) in [6.45, 7) is 4.99. The van der Waals surface area contributed by atoms with Crippen molar-refractivity contribution >= 4 is 11.7 Å². The molecule has 140 valence electrons. The number of amides is 1. The maximum absolute atomic E-state index is 12.4. The number of hydrogen-bond acceptors (Lipinski definition) is 7. The summed E-state index contributed by atoms with van der Waals surface area (Å²) in [6.07, 6.45) is 2.80. The van der Waals surface area contributed by atoms with E-state index in [2.05, 4.69) is 15.3 Å². The lowest BCUT2D eigenvalue weighted by Crippen LogP contribution is -2.46. The van der Waals surface area contributed by atoms with Crippen molar-refractivity contribution in [3.8, 4) is 23.2 Å². The Morgan fingerprint density at radius 1 is 1.41 bits per heavy atom. The van der Waals surface area contributed by atoms with E-state index < -0.39 is 6.10 Å². The first-order valence-electron chi connectivity index (χ1n) is 8.71. The highest BCUT2D eigenvalue weighted by atomic mass is 16.5. The molecule has 1 saturated heterocycles. The molecule has 1 aromatic heterocycles. The molecule has 1 aliphatic heterocycles. The third-order valence-corrected chi connectivity index (χ3v) is 3.92. The maximum Gasteiger partial charge on any atom is 0.256 e. The number of morpholine rings is 1. The highest BCUT2D eigenvalue weighted by Gasteiger charge is 2.26. The molecule has 0 radical (unpaired) electrons. The molecule has 1 aromatic carbocycles. The number of carbonyl (C=O) groups is 1. The number of rotatable bonds is 5. The molecule has 8 heteroatoms. The molecule has 0 saturated carbocycles. The van der Waals surface area contributed by atoms with Crippen LogP contribution < -0.4 is 10.1 Å². The van der Waals surface area contributed by atoms with Crippen LogP contribution in [0.2, 0.25) is 0 Å². The number of nitrogens with zero attached hydrogens (tertiary/aromatic N) is 4. The predicted octanol–water partition coefficient (Wildman–Crippen LogP) is 2.05. The smallest absolute Gasteiger partial charge is 0.256 e. The van der Waals surface area contributed by atoms with Crippen LogP contribution in [0.25, 0.3) is 11.3 Å². The summed E-state index contributed by atoms with van der Waals surface area (Å²) in [4.78, 5) is 22.3. The fraction of sp³-hybridized carbons (Fsp3) is 0.368. The molecule has 1 atom stereocenters. The molecule has 3 rings (SSSR count). The zero-order chi connectivity index (χ0) is 19.2. The average Bonchev–Trinajstić information content (AvgIpc) is 2.68. The SMILES string of the molecule is CC(C)Oc1cccc(-c2cc(NC(=O)[C@H]3CN(C#N)CCO3)ncn2)c1. The Morgan fingerprint density at radius 2 is 2.26 bits per heavy atom.